The summed E-state index contributed by atoms with van der Waals surface area (Å²) < 4.78 is 11.1. The number of rotatable bonds is 4. The lowest BCUT2D eigenvalue weighted by molar-refractivity contribution is -0.0390. The molecular weight excluding hydrogens is 236 g/mol. The number of nitrogens with two attached hydrogens (primary N) is 1. The summed E-state index contributed by atoms with van der Waals surface area (Å²) in [5.41, 5.74) is 7.23. The first-order chi connectivity index (χ1) is 8.25. The molecule has 17 heavy (non-hydrogen) atoms. The smallest absolute Gasteiger partial charge is 0.122 e. The fraction of sp³-hybridized carbons (Fsp3) is 0.500. The highest BCUT2D eigenvalue weighted by molar-refractivity contribution is 7.80. The zero-order valence-corrected chi connectivity index (χ0v) is 10.4. The topological polar surface area (TPSA) is 57.4 Å². The molecule has 1 fully saturated rings. The van der Waals surface area contributed by atoms with E-state index in [0.717, 1.165) is 31.6 Å². The lowest BCUT2D eigenvalue weighted by Crippen LogP contribution is -2.23. The second-order valence-corrected chi connectivity index (χ2v) is 4.48. The highest BCUT2D eigenvalue weighted by atomic mass is 32.1. The first-order valence-corrected chi connectivity index (χ1v) is 6.10. The number of nitrogens with zero attached hydrogens (tertiary/aromatic N) is 1. The molecule has 1 aliphatic rings. The Bertz CT molecular complexity index is 392. The summed E-state index contributed by atoms with van der Waals surface area (Å²) in [5, 5.41) is 0. The summed E-state index contributed by atoms with van der Waals surface area (Å²) in [6, 6.07) is 3.79. The third-order valence-electron chi connectivity index (χ3n) is 2.73. The Morgan fingerprint density at radius 3 is 3.00 bits per heavy atom. The van der Waals surface area contributed by atoms with E-state index >= 15 is 0 Å². The minimum Gasteiger partial charge on any atom is -0.388 e. The Kier molecular flexibility index (Phi) is 4.42. The van der Waals surface area contributed by atoms with Crippen molar-refractivity contribution in [1.82, 2.24) is 4.98 Å². The monoisotopic (exact) mass is 252 g/mol. The van der Waals surface area contributed by atoms with E-state index in [1.165, 1.54) is 0 Å². The Labute approximate surface area is 106 Å². The van der Waals surface area contributed by atoms with Gasteiger partial charge in [-0.25, -0.2) is 0 Å². The molecule has 1 aromatic heterocycles. The van der Waals surface area contributed by atoms with Crippen LogP contribution in [0.5, 0.6) is 0 Å². The second-order valence-electron chi connectivity index (χ2n) is 4.04. The molecule has 0 saturated carbocycles. The summed E-state index contributed by atoms with van der Waals surface area (Å²) in [6.45, 7) is 2.15. The molecule has 0 radical (unpaired) electrons. The third kappa shape index (κ3) is 3.73. The Morgan fingerprint density at radius 2 is 2.29 bits per heavy atom. The van der Waals surface area contributed by atoms with Crippen molar-refractivity contribution in [3.63, 3.8) is 0 Å². The van der Waals surface area contributed by atoms with E-state index < -0.39 is 0 Å². The fourth-order valence-corrected chi connectivity index (χ4v) is 1.87. The largest absolute Gasteiger partial charge is 0.388 e. The molecule has 2 rings (SSSR count). The fourth-order valence-electron chi connectivity index (χ4n) is 1.76. The average Bonchev–Trinajstić information content (AvgIpc) is 2.38. The summed E-state index contributed by atoms with van der Waals surface area (Å²) in [6.07, 6.45) is 3.93. The quantitative estimate of drug-likeness (QED) is 0.821. The number of pyridine rings is 1. The Hall–Kier alpha value is -1.04. The van der Waals surface area contributed by atoms with Crippen molar-refractivity contribution in [1.29, 1.82) is 0 Å². The minimum absolute atomic E-state index is 0.296. The van der Waals surface area contributed by atoms with Crippen LogP contribution in [0.3, 0.4) is 0 Å². The Balaban J connectivity index is 1.89. The van der Waals surface area contributed by atoms with Gasteiger partial charge in [0.15, 0.2) is 0 Å². The van der Waals surface area contributed by atoms with Gasteiger partial charge in [-0.05, 0) is 30.5 Å². The summed E-state index contributed by atoms with van der Waals surface area (Å²) in [4.78, 5) is 4.41. The van der Waals surface area contributed by atoms with Crippen molar-refractivity contribution in [2.45, 2.75) is 25.6 Å². The number of thiocarbonyl (C=S) groups is 1. The highest BCUT2D eigenvalue weighted by Gasteiger charge is 2.14. The van der Waals surface area contributed by atoms with Crippen molar-refractivity contribution < 1.29 is 9.47 Å². The van der Waals surface area contributed by atoms with Crippen molar-refractivity contribution in [2.24, 2.45) is 5.73 Å². The molecule has 1 aliphatic heterocycles. The van der Waals surface area contributed by atoms with Crippen LogP contribution in [-0.2, 0) is 16.1 Å². The molecule has 0 bridgehead atoms. The van der Waals surface area contributed by atoms with E-state index in [1.54, 1.807) is 6.20 Å². The number of ether oxygens (including phenoxy) is 2. The van der Waals surface area contributed by atoms with Crippen LogP contribution in [0.25, 0.3) is 0 Å². The van der Waals surface area contributed by atoms with Gasteiger partial charge in [0.25, 0.3) is 0 Å². The predicted molar refractivity (Wildman–Crippen MR) is 68.8 cm³/mol. The molecule has 0 aliphatic carbocycles. The average molecular weight is 252 g/mol. The van der Waals surface area contributed by atoms with Crippen LogP contribution in [0.1, 0.15) is 24.1 Å². The number of hydrogen-bond acceptors (Lipinski definition) is 4. The van der Waals surface area contributed by atoms with Crippen LogP contribution in [0.15, 0.2) is 18.3 Å². The molecule has 4 nitrogen and oxygen atoms in total. The maximum Gasteiger partial charge on any atom is 0.122 e. The number of hydrogen-bond donors (Lipinski definition) is 1. The van der Waals surface area contributed by atoms with E-state index in [9.17, 15) is 0 Å². The second kappa shape index (κ2) is 6.05. The van der Waals surface area contributed by atoms with E-state index in [0.29, 0.717) is 23.4 Å². The van der Waals surface area contributed by atoms with Gasteiger partial charge in [-0.3, -0.25) is 4.98 Å². The van der Waals surface area contributed by atoms with Crippen molar-refractivity contribution in [3.8, 4) is 0 Å². The SMILES string of the molecule is NC(=S)c1cc(COC2CCOCC2)ccn1. The molecule has 2 heterocycles. The van der Waals surface area contributed by atoms with Crippen LogP contribution in [0.4, 0.5) is 0 Å². The zero-order valence-electron chi connectivity index (χ0n) is 9.59. The van der Waals surface area contributed by atoms with Gasteiger partial charge in [0, 0.05) is 19.4 Å². The molecule has 92 valence electrons. The lowest BCUT2D eigenvalue weighted by atomic mass is 10.1. The van der Waals surface area contributed by atoms with Gasteiger partial charge < -0.3 is 15.2 Å². The van der Waals surface area contributed by atoms with E-state index in [2.05, 4.69) is 4.98 Å². The molecule has 0 amide bonds. The van der Waals surface area contributed by atoms with Gasteiger partial charge in [0.1, 0.15) is 4.99 Å². The molecule has 0 aromatic carbocycles. The number of aromatic nitrogens is 1. The van der Waals surface area contributed by atoms with E-state index in [1.807, 2.05) is 12.1 Å². The van der Waals surface area contributed by atoms with Crippen molar-refractivity contribution in [2.75, 3.05) is 13.2 Å². The van der Waals surface area contributed by atoms with Crippen LogP contribution in [0.2, 0.25) is 0 Å². The molecule has 2 N–H and O–H groups in total. The van der Waals surface area contributed by atoms with Gasteiger partial charge in [-0.15, -0.1) is 0 Å². The predicted octanol–water partition coefficient (Wildman–Crippen LogP) is 1.41. The first-order valence-electron chi connectivity index (χ1n) is 5.70. The van der Waals surface area contributed by atoms with Crippen molar-refractivity contribution in [3.05, 3.63) is 29.6 Å². The molecule has 5 heteroatoms. The Morgan fingerprint density at radius 1 is 1.53 bits per heavy atom. The van der Waals surface area contributed by atoms with Gasteiger partial charge in [0.05, 0.1) is 18.4 Å². The summed E-state index contributed by atoms with van der Waals surface area (Å²) in [7, 11) is 0. The summed E-state index contributed by atoms with van der Waals surface area (Å²) >= 11 is 4.89. The van der Waals surface area contributed by atoms with Crippen LogP contribution in [0, 0.1) is 0 Å². The van der Waals surface area contributed by atoms with Gasteiger partial charge >= 0.3 is 0 Å². The van der Waals surface area contributed by atoms with E-state index in [4.69, 9.17) is 27.4 Å². The third-order valence-corrected chi connectivity index (χ3v) is 2.94. The van der Waals surface area contributed by atoms with Gasteiger partial charge in [-0.1, -0.05) is 12.2 Å². The van der Waals surface area contributed by atoms with Crippen molar-refractivity contribution >= 4 is 17.2 Å². The van der Waals surface area contributed by atoms with E-state index in [-0.39, 0.29) is 0 Å². The molecule has 0 atom stereocenters. The van der Waals surface area contributed by atoms with Crippen LogP contribution >= 0.6 is 12.2 Å². The molecule has 0 unspecified atom stereocenters. The minimum atomic E-state index is 0.296. The zero-order chi connectivity index (χ0) is 12.1. The first kappa shape index (κ1) is 12.4. The maximum atomic E-state index is 5.81. The molecule has 0 spiro atoms. The molecular formula is C12H16N2O2S. The molecule has 1 saturated heterocycles. The lowest BCUT2D eigenvalue weighted by Gasteiger charge is -2.22. The standard InChI is InChI=1S/C12H16N2O2S/c13-12(17)11-7-9(1-4-14-11)8-16-10-2-5-15-6-3-10/h1,4,7,10H,2-3,5-6,8H2,(H2,13,17). The highest BCUT2D eigenvalue weighted by Crippen LogP contribution is 2.13. The van der Waals surface area contributed by atoms with Crippen LogP contribution < -0.4 is 5.73 Å². The summed E-state index contributed by atoms with van der Waals surface area (Å²) in [5.74, 6) is 0. The van der Waals surface area contributed by atoms with Gasteiger partial charge in [-0.2, -0.15) is 0 Å². The molecule has 1 aromatic rings. The van der Waals surface area contributed by atoms with Gasteiger partial charge in [0.2, 0.25) is 0 Å². The maximum absolute atomic E-state index is 5.81. The normalized spacial score (nSPS) is 16.9. The van der Waals surface area contributed by atoms with Crippen LogP contribution in [-0.4, -0.2) is 29.3 Å².